The first kappa shape index (κ1) is 12.6. The van der Waals surface area contributed by atoms with Crippen LogP contribution in [0.3, 0.4) is 0 Å². The summed E-state index contributed by atoms with van der Waals surface area (Å²) in [7, 11) is 0. The van der Waals surface area contributed by atoms with E-state index in [0.29, 0.717) is 11.4 Å². The Bertz CT molecular complexity index is 603. The van der Waals surface area contributed by atoms with Crippen LogP contribution in [0.25, 0.3) is 5.82 Å². The molecule has 2 aromatic heterocycles. The summed E-state index contributed by atoms with van der Waals surface area (Å²) in [6, 6.07) is 4.14. The van der Waals surface area contributed by atoms with E-state index in [-0.39, 0.29) is 5.96 Å². The molecule has 0 aromatic carbocycles. The number of nitrogens with two attached hydrogens (primary N) is 2. The number of aliphatic imine (C=N–C) groups is 1. The molecule has 1 unspecified atom stereocenters. The number of hydrogen-bond acceptors (Lipinski definition) is 4. The Labute approximate surface area is 108 Å². The van der Waals surface area contributed by atoms with E-state index in [1.54, 1.807) is 24.4 Å². The fourth-order valence-corrected chi connectivity index (χ4v) is 1.51. The van der Waals surface area contributed by atoms with Gasteiger partial charge in [-0.3, -0.25) is 0 Å². The maximum absolute atomic E-state index is 11.1. The highest BCUT2D eigenvalue weighted by molar-refractivity contribution is 5.82. The van der Waals surface area contributed by atoms with Gasteiger partial charge in [0.1, 0.15) is 0 Å². The third-order valence-electron chi connectivity index (χ3n) is 2.31. The molecule has 0 spiro atoms. The van der Waals surface area contributed by atoms with Gasteiger partial charge >= 0.3 is 5.97 Å². The van der Waals surface area contributed by atoms with E-state index in [0.717, 1.165) is 0 Å². The highest BCUT2D eigenvalue weighted by Crippen LogP contribution is 2.17. The van der Waals surface area contributed by atoms with Crippen LogP contribution in [0.1, 0.15) is 11.6 Å². The van der Waals surface area contributed by atoms with Gasteiger partial charge in [-0.1, -0.05) is 6.07 Å². The monoisotopic (exact) mass is 260 g/mol. The zero-order chi connectivity index (χ0) is 13.8. The largest absolute Gasteiger partial charge is 0.479 e. The van der Waals surface area contributed by atoms with Crippen molar-refractivity contribution in [3.8, 4) is 5.82 Å². The number of carboxylic acid groups (broad SMARTS) is 1. The van der Waals surface area contributed by atoms with Crippen molar-refractivity contribution in [1.29, 1.82) is 0 Å². The van der Waals surface area contributed by atoms with E-state index < -0.39 is 12.0 Å². The molecule has 19 heavy (non-hydrogen) atoms. The molecule has 0 saturated heterocycles. The minimum atomic E-state index is -1.18. The third kappa shape index (κ3) is 2.86. The highest BCUT2D eigenvalue weighted by atomic mass is 16.4. The van der Waals surface area contributed by atoms with Crippen molar-refractivity contribution in [2.45, 2.75) is 6.04 Å². The van der Waals surface area contributed by atoms with Crippen molar-refractivity contribution in [3.05, 3.63) is 42.4 Å². The molecule has 8 heteroatoms. The number of nitrogens with zero attached hydrogens (tertiary/aromatic N) is 4. The Hall–Kier alpha value is -2.90. The first-order chi connectivity index (χ1) is 9.08. The average molecular weight is 260 g/mol. The predicted octanol–water partition coefficient (Wildman–Crippen LogP) is -0.334. The summed E-state index contributed by atoms with van der Waals surface area (Å²) in [5.74, 6) is -0.880. The summed E-state index contributed by atoms with van der Waals surface area (Å²) in [5, 5.41) is 13.1. The second kappa shape index (κ2) is 5.17. The van der Waals surface area contributed by atoms with Crippen LogP contribution in [0, 0.1) is 0 Å². The SMILES string of the molecule is NC(N)=NC(C(=O)O)c1cnn(-c2ccccn2)c1. The number of aliphatic carboxylic acids is 1. The van der Waals surface area contributed by atoms with Gasteiger partial charge in [-0.15, -0.1) is 0 Å². The van der Waals surface area contributed by atoms with E-state index >= 15 is 0 Å². The van der Waals surface area contributed by atoms with Crippen LogP contribution in [0.4, 0.5) is 0 Å². The Morgan fingerprint density at radius 2 is 2.21 bits per heavy atom. The van der Waals surface area contributed by atoms with E-state index in [4.69, 9.17) is 16.6 Å². The first-order valence-electron chi connectivity index (χ1n) is 5.35. The van der Waals surface area contributed by atoms with Crippen LogP contribution >= 0.6 is 0 Å². The van der Waals surface area contributed by atoms with Crippen LogP contribution < -0.4 is 11.5 Å². The lowest BCUT2D eigenvalue weighted by atomic mass is 10.2. The molecular formula is C11H12N6O2. The molecule has 0 radical (unpaired) electrons. The second-order valence-corrected chi connectivity index (χ2v) is 3.70. The smallest absolute Gasteiger partial charge is 0.333 e. The van der Waals surface area contributed by atoms with Crippen molar-refractivity contribution in [2.75, 3.05) is 0 Å². The number of hydrogen-bond donors (Lipinski definition) is 3. The van der Waals surface area contributed by atoms with E-state index in [1.165, 1.54) is 17.1 Å². The quantitative estimate of drug-likeness (QED) is 0.509. The molecule has 0 fully saturated rings. The van der Waals surface area contributed by atoms with Gasteiger partial charge < -0.3 is 16.6 Å². The summed E-state index contributed by atoms with van der Waals surface area (Å²) in [4.78, 5) is 18.9. The van der Waals surface area contributed by atoms with Crippen molar-refractivity contribution in [2.24, 2.45) is 16.5 Å². The lowest BCUT2D eigenvalue weighted by Crippen LogP contribution is -2.25. The zero-order valence-electron chi connectivity index (χ0n) is 9.84. The molecule has 0 aliphatic carbocycles. The van der Waals surface area contributed by atoms with Gasteiger partial charge in [-0.25, -0.2) is 19.5 Å². The van der Waals surface area contributed by atoms with Crippen LogP contribution in [0.5, 0.6) is 0 Å². The van der Waals surface area contributed by atoms with Gasteiger partial charge in [-0.2, -0.15) is 5.10 Å². The van der Waals surface area contributed by atoms with Crippen molar-refractivity contribution < 1.29 is 9.90 Å². The molecule has 1 atom stereocenters. The minimum Gasteiger partial charge on any atom is -0.479 e. The van der Waals surface area contributed by atoms with Gasteiger partial charge in [0, 0.05) is 18.0 Å². The van der Waals surface area contributed by atoms with Crippen molar-refractivity contribution >= 4 is 11.9 Å². The molecule has 8 nitrogen and oxygen atoms in total. The molecule has 2 rings (SSSR count). The van der Waals surface area contributed by atoms with E-state index in [2.05, 4.69) is 15.1 Å². The topological polar surface area (TPSA) is 132 Å². The van der Waals surface area contributed by atoms with E-state index in [1.807, 2.05) is 0 Å². The Morgan fingerprint density at radius 3 is 2.79 bits per heavy atom. The van der Waals surface area contributed by atoms with Gasteiger partial charge in [-0.05, 0) is 12.1 Å². The van der Waals surface area contributed by atoms with Crippen LogP contribution in [0.2, 0.25) is 0 Å². The lowest BCUT2D eigenvalue weighted by Gasteiger charge is -2.04. The first-order valence-corrected chi connectivity index (χ1v) is 5.35. The molecule has 5 N–H and O–H groups in total. The van der Waals surface area contributed by atoms with Gasteiger partial charge in [0.2, 0.25) is 0 Å². The fraction of sp³-hybridized carbons (Fsp3) is 0.0909. The molecule has 98 valence electrons. The van der Waals surface area contributed by atoms with Gasteiger partial charge in [0.05, 0.1) is 6.20 Å². The average Bonchev–Trinajstić information content (AvgIpc) is 2.86. The molecule has 0 saturated carbocycles. The zero-order valence-corrected chi connectivity index (χ0v) is 9.84. The number of carbonyl (C=O) groups is 1. The van der Waals surface area contributed by atoms with Crippen LogP contribution in [-0.4, -0.2) is 31.8 Å². The minimum absolute atomic E-state index is 0.294. The van der Waals surface area contributed by atoms with Crippen molar-refractivity contribution in [3.63, 3.8) is 0 Å². The summed E-state index contributed by atoms with van der Waals surface area (Å²) in [6.45, 7) is 0. The Morgan fingerprint density at radius 1 is 1.42 bits per heavy atom. The number of guanidine groups is 1. The van der Waals surface area contributed by atoms with Gasteiger partial charge in [0.15, 0.2) is 17.8 Å². The maximum atomic E-state index is 11.1. The lowest BCUT2D eigenvalue weighted by molar-refractivity contribution is -0.138. The van der Waals surface area contributed by atoms with Gasteiger partial charge in [0.25, 0.3) is 0 Å². The third-order valence-corrected chi connectivity index (χ3v) is 2.31. The Balaban J connectivity index is 2.34. The molecule has 0 bridgehead atoms. The Kier molecular flexibility index (Phi) is 3.42. The molecular weight excluding hydrogens is 248 g/mol. The van der Waals surface area contributed by atoms with E-state index in [9.17, 15) is 4.79 Å². The predicted molar refractivity (Wildman–Crippen MR) is 67.5 cm³/mol. The summed E-state index contributed by atoms with van der Waals surface area (Å²) < 4.78 is 1.45. The number of rotatable bonds is 4. The van der Waals surface area contributed by atoms with Crippen LogP contribution in [0.15, 0.2) is 41.8 Å². The standard InChI is InChI=1S/C11H12N6O2/c12-11(13)16-9(10(18)19)7-5-15-17(6-7)8-3-1-2-4-14-8/h1-6,9H,(H,18,19)(H4,12,13,16). The maximum Gasteiger partial charge on any atom is 0.333 e. The number of carboxylic acids is 1. The van der Waals surface area contributed by atoms with Crippen molar-refractivity contribution in [1.82, 2.24) is 14.8 Å². The second-order valence-electron chi connectivity index (χ2n) is 3.70. The van der Waals surface area contributed by atoms with Crippen LogP contribution in [-0.2, 0) is 4.79 Å². The summed E-state index contributed by atoms with van der Waals surface area (Å²) in [6.07, 6.45) is 4.52. The molecule has 0 amide bonds. The summed E-state index contributed by atoms with van der Waals surface area (Å²) >= 11 is 0. The normalized spacial score (nSPS) is 11.8. The summed E-state index contributed by atoms with van der Waals surface area (Å²) in [5.41, 5.74) is 10.8. The molecule has 2 aromatic rings. The number of pyridine rings is 1. The fourth-order valence-electron chi connectivity index (χ4n) is 1.51. The molecule has 0 aliphatic rings. The molecule has 2 heterocycles. The molecule has 0 aliphatic heterocycles. The number of aromatic nitrogens is 3. The highest BCUT2D eigenvalue weighted by Gasteiger charge is 2.21.